The largest absolute Gasteiger partial charge is 0.381 e. The van der Waals surface area contributed by atoms with E-state index in [4.69, 9.17) is 27.9 Å². The Hall–Kier alpha value is -1.80. The highest BCUT2D eigenvalue weighted by Crippen LogP contribution is 2.39. The summed E-state index contributed by atoms with van der Waals surface area (Å²) in [6.45, 7) is 1.66. The normalized spacial score (nSPS) is 15.7. The van der Waals surface area contributed by atoms with Crippen LogP contribution < -0.4 is 5.32 Å². The molecular weight excluding hydrogens is 435 g/mol. The van der Waals surface area contributed by atoms with Gasteiger partial charge in [-0.25, -0.2) is 0 Å². The second kappa shape index (κ2) is 9.80. The molecule has 2 aromatic rings. The molecule has 0 radical (unpaired) electrons. The van der Waals surface area contributed by atoms with Crippen LogP contribution in [-0.4, -0.2) is 36.3 Å². The average Bonchev–Trinajstić information content (AvgIpc) is 2.71. The molecule has 154 valence electrons. The fourth-order valence-electron chi connectivity index (χ4n) is 3.35. The van der Waals surface area contributed by atoms with Gasteiger partial charge in [0, 0.05) is 52.2 Å². The minimum absolute atomic E-state index is 0.0279. The molecule has 1 aliphatic rings. The Kier molecular flexibility index (Phi) is 7.40. The van der Waals surface area contributed by atoms with E-state index in [2.05, 4.69) is 5.32 Å². The molecule has 9 heteroatoms. The first-order valence-corrected chi connectivity index (χ1v) is 10.8. The van der Waals surface area contributed by atoms with E-state index in [0.717, 1.165) is 23.3 Å². The topological polar surface area (TPSA) is 81.5 Å². The molecule has 29 heavy (non-hydrogen) atoms. The van der Waals surface area contributed by atoms with Crippen LogP contribution in [0.15, 0.2) is 47.4 Å². The molecule has 0 atom stereocenters. The van der Waals surface area contributed by atoms with Crippen molar-refractivity contribution in [2.24, 2.45) is 0 Å². The van der Waals surface area contributed by atoms with Crippen molar-refractivity contribution in [1.29, 1.82) is 0 Å². The first-order valence-electron chi connectivity index (χ1n) is 9.07. The summed E-state index contributed by atoms with van der Waals surface area (Å²) in [4.78, 5) is 23.5. The standard InChI is InChI=1S/C20H20Cl2N2O4S/c21-14-1-6-17(18(22)11-14)20(7-9-28-10-8-20)13-23-19(25)12-29-16-4-2-15(3-5-16)24(26)27/h1-6,11H,7-10,12-13H2,(H,23,25). The van der Waals surface area contributed by atoms with Gasteiger partial charge in [0.05, 0.1) is 10.7 Å². The number of carbonyl (C=O) groups excluding carboxylic acids is 1. The summed E-state index contributed by atoms with van der Waals surface area (Å²) in [7, 11) is 0. The van der Waals surface area contributed by atoms with Crippen molar-refractivity contribution in [3.8, 4) is 0 Å². The Morgan fingerprint density at radius 1 is 1.17 bits per heavy atom. The maximum absolute atomic E-state index is 12.4. The molecule has 0 bridgehead atoms. The molecule has 0 aliphatic carbocycles. The minimum Gasteiger partial charge on any atom is -0.381 e. The number of nitrogens with one attached hydrogen (secondary N) is 1. The van der Waals surface area contributed by atoms with Crippen LogP contribution in [-0.2, 0) is 14.9 Å². The molecule has 1 aliphatic heterocycles. The van der Waals surface area contributed by atoms with Gasteiger partial charge in [0.2, 0.25) is 5.91 Å². The number of ether oxygens (including phenoxy) is 1. The maximum atomic E-state index is 12.4. The Bertz CT molecular complexity index is 887. The van der Waals surface area contributed by atoms with E-state index < -0.39 is 4.92 Å². The van der Waals surface area contributed by atoms with Crippen LogP contribution >= 0.6 is 35.0 Å². The van der Waals surface area contributed by atoms with Gasteiger partial charge in [0.1, 0.15) is 0 Å². The fraction of sp³-hybridized carbons (Fsp3) is 0.350. The van der Waals surface area contributed by atoms with Crippen molar-refractivity contribution < 1.29 is 14.5 Å². The monoisotopic (exact) mass is 454 g/mol. The molecule has 1 heterocycles. The van der Waals surface area contributed by atoms with Crippen LogP contribution in [0.3, 0.4) is 0 Å². The molecule has 1 amide bonds. The summed E-state index contributed by atoms with van der Waals surface area (Å²) in [6, 6.07) is 11.6. The summed E-state index contributed by atoms with van der Waals surface area (Å²) >= 11 is 13.8. The summed E-state index contributed by atoms with van der Waals surface area (Å²) in [5.74, 6) is 0.114. The third kappa shape index (κ3) is 5.63. The smallest absolute Gasteiger partial charge is 0.269 e. The van der Waals surface area contributed by atoms with Crippen LogP contribution in [0.4, 0.5) is 5.69 Å². The Labute approximate surface area is 183 Å². The summed E-state index contributed by atoms with van der Waals surface area (Å²) in [5, 5.41) is 14.9. The third-order valence-electron chi connectivity index (χ3n) is 4.99. The van der Waals surface area contributed by atoms with Gasteiger partial charge >= 0.3 is 0 Å². The highest BCUT2D eigenvalue weighted by atomic mass is 35.5. The summed E-state index contributed by atoms with van der Waals surface area (Å²) in [6.07, 6.45) is 1.51. The predicted molar refractivity (Wildman–Crippen MR) is 115 cm³/mol. The predicted octanol–water partition coefficient (Wildman–Crippen LogP) is 4.86. The van der Waals surface area contributed by atoms with Crippen LogP contribution in [0.5, 0.6) is 0 Å². The number of amides is 1. The number of hydrogen-bond donors (Lipinski definition) is 1. The molecule has 1 saturated heterocycles. The number of thioether (sulfide) groups is 1. The molecule has 6 nitrogen and oxygen atoms in total. The first kappa shape index (κ1) is 21.9. The molecule has 1 N–H and O–H groups in total. The number of halogens is 2. The number of non-ortho nitro benzene ring substituents is 1. The van der Waals surface area contributed by atoms with Gasteiger partial charge in [-0.05, 0) is 42.7 Å². The van der Waals surface area contributed by atoms with Crippen LogP contribution in [0.25, 0.3) is 0 Å². The van der Waals surface area contributed by atoms with E-state index in [9.17, 15) is 14.9 Å². The number of nitrogens with zero attached hydrogens (tertiary/aromatic N) is 1. The van der Waals surface area contributed by atoms with E-state index in [1.807, 2.05) is 12.1 Å². The quantitative estimate of drug-likeness (QED) is 0.367. The summed E-state index contributed by atoms with van der Waals surface area (Å²) in [5.41, 5.74) is 0.698. The highest BCUT2D eigenvalue weighted by Gasteiger charge is 2.36. The summed E-state index contributed by atoms with van der Waals surface area (Å²) < 4.78 is 5.51. The van der Waals surface area contributed by atoms with Gasteiger partial charge in [0.25, 0.3) is 5.69 Å². The van der Waals surface area contributed by atoms with E-state index in [0.29, 0.717) is 29.8 Å². The molecule has 0 saturated carbocycles. The Balaban J connectivity index is 1.62. The average molecular weight is 455 g/mol. The van der Waals surface area contributed by atoms with Crippen LogP contribution in [0.1, 0.15) is 18.4 Å². The molecule has 0 unspecified atom stereocenters. The van der Waals surface area contributed by atoms with E-state index in [1.165, 1.54) is 23.9 Å². The van der Waals surface area contributed by atoms with Gasteiger partial charge < -0.3 is 10.1 Å². The van der Waals surface area contributed by atoms with Crippen LogP contribution in [0, 0.1) is 10.1 Å². The number of nitro benzene ring substituents is 1. The number of benzene rings is 2. The molecule has 2 aromatic carbocycles. The van der Waals surface area contributed by atoms with Crippen molar-refractivity contribution in [1.82, 2.24) is 5.32 Å². The zero-order chi connectivity index (χ0) is 20.9. The SMILES string of the molecule is O=C(CSc1ccc([N+](=O)[O-])cc1)NCC1(c2ccc(Cl)cc2Cl)CCOCC1. The fourth-order valence-corrected chi connectivity index (χ4v) is 4.69. The Morgan fingerprint density at radius 3 is 2.48 bits per heavy atom. The third-order valence-corrected chi connectivity index (χ3v) is 6.55. The number of rotatable bonds is 7. The molecular formula is C20H20Cl2N2O4S. The molecule has 3 rings (SSSR count). The zero-order valence-corrected chi connectivity index (χ0v) is 17.9. The first-order chi connectivity index (χ1) is 13.9. The number of hydrogen-bond acceptors (Lipinski definition) is 5. The minimum atomic E-state index is -0.448. The van der Waals surface area contributed by atoms with E-state index >= 15 is 0 Å². The number of carbonyl (C=O) groups is 1. The van der Waals surface area contributed by atoms with Gasteiger partial charge in [-0.2, -0.15) is 0 Å². The van der Waals surface area contributed by atoms with Crippen molar-refractivity contribution in [3.05, 3.63) is 68.2 Å². The van der Waals surface area contributed by atoms with Crippen molar-refractivity contribution in [2.45, 2.75) is 23.2 Å². The second-order valence-electron chi connectivity index (χ2n) is 6.83. The van der Waals surface area contributed by atoms with Crippen molar-refractivity contribution in [2.75, 3.05) is 25.5 Å². The lowest BCUT2D eigenvalue weighted by atomic mass is 9.74. The molecule has 0 spiro atoms. The van der Waals surface area contributed by atoms with Gasteiger partial charge in [-0.3, -0.25) is 14.9 Å². The lowest BCUT2D eigenvalue weighted by Crippen LogP contribution is -2.45. The maximum Gasteiger partial charge on any atom is 0.269 e. The van der Waals surface area contributed by atoms with Gasteiger partial charge in [-0.15, -0.1) is 11.8 Å². The van der Waals surface area contributed by atoms with Gasteiger partial charge in [0.15, 0.2) is 0 Å². The molecule has 0 aromatic heterocycles. The lowest BCUT2D eigenvalue weighted by Gasteiger charge is -2.38. The lowest BCUT2D eigenvalue weighted by molar-refractivity contribution is -0.384. The Morgan fingerprint density at radius 2 is 1.86 bits per heavy atom. The molecule has 1 fully saturated rings. The van der Waals surface area contributed by atoms with E-state index in [1.54, 1.807) is 18.2 Å². The zero-order valence-electron chi connectivity index (χ0n) is 15.5. The van der Waals surface area contributed by atoms with Crippen LogP contribution in [0.2, 0.25) is 10.0 Å². The van der Waals surface area contributed by atoms with E-state index in [-0.39, 0.29) is 22.8 Å². The second-order valence-corrected chi connectivity index (χ2v) is 8.73. The highest BCUT2D eigenvalue weighted by molar-refractivity contribution is 8.00. The van der Waals surface area contributed by atoms with Gasteiger partial charge in [-0.1, -0.05) is 29.3 Å². The number of nitro groups is 1. The van der Waals surface area contributed by atoms with Crippen molar-refractivity contribution >= 4 is 46.6 Å². The van der Waals surface area contributed by atoms with Crippen molar-refractivity contribution in [3.63, 3.8) is 0 Å².